The van der Waals surface area contributed by atoms with Gasteiger partial charge in [-0.2, -0.15) is 0 Å². The Hall–Kier alpha value is -2.82. The number of benzene rings is 2. The maximum Gasteiger partial charge on any atom is 0.339 e. The van der Waals surface area contributed by atoms with Gasteiger partial charge in [-0.1, -0.05) is 36.4 Å². The number of carbonyl (C=O) groups is 2. The highest BCUT2D eigenvalue weighted by atomic mass is 16.5. The van der Waals surface area contributed by atoms with E-state index >= 15 is 0 Å². The van der Waals surface area contributed by atoms with Crippen LogP contribution in [0.25, 0.3) is 0 Å². The third-order valence-electron chi connectivity index (χ3n) is 4.43. The van der Waals surface area contributed by atoms with Crippen molar-refractivity contribution in [2.24, 2.45) is 5.92 Å². The van der Waals surface area contributed by atoms with Gasteiger partial charge in [0.05, 0.1) is 5.56 Å². The lowest BCUT2D eigenvalue weighted by molar-refractivity contribution is -0.124. The normalized spacial score (nSPS) is 14.3. The molecule has 0 radical (unpaired) electrons. The molecule has 0 unspecified atom stereocenters. The van der Waals surface area contributed by atoms with Gasteiger partial charge in [0.1, 0.15) is 12.4 Å². The molecule has 1 aliphatic rings. The van der Waals surface area contributed by atoms with Crippen LogP contribution in [-0.2, 0) is 16.1 Å². The van der Waals surface area contributed by atoms with Gasteiger partial charge in [0.15, 0.2) is 6.61 Å². The monoisotopic (exact) mass is 353 g/mol. The fraction of sp³-hybridized carbons (Fsp3) is 0.333. The minimum absolute atomic E-state index is 0.132. The molecular weight excluding hydrogens is 330 g/mol. The van der Waals surface area contributed by atoms with E-state index in [1.807, 2.05) is 49.4 Å². The van der Waals surface area contributed by atoms with E-state index in [9.17, 15) is 9.59 Å². The van der Waals surface area contributed by atoms with Crippen molar-refractivity contribution in [2.75, 3.05) is 6.61 Å². The molecule has 1 amide bonds. The number of nitrogens with one attached hydrogen (secondary N) is 1. The van der Waals surface area contributed by atoms with Gasteiger partial charge in [0, 0.05) is 11.6 Å². The zero-order chi connectivity index (χ0) is 18.4. The molecule has 0 heterocycles. The summed E-state index contributed by atoms with van der Waals surface area (Å²) >= 11 is 0. The predicted octanol–water partition coefficient (Wildman–Crippen LogP) is 3.34. The van der Waals surface area contributed by atoms with E-state index in [-0.39, 0.29) is 25.2 Å². The second-order valence-corrected chi connectivity index (χ2v) is 6.53. The molecule has 0 aliphatic heterocycles. The standard InChI is InChI=1S/C21H23NO4/c1-15(16-11-12-16)22-20(23)14-26-21(24)19-10-6-5-7-17(19)13-25-18-8-3-2-4-9-18/h2-10,15-16H,11-14H2,1H3,(H,22,23)/t15-/m0/s1. The van der Waals surface area contributed by atoms with Crippen LogP contribution >= 0.6 is 0 Å². The molecule has 0 spiro atoms. The summed E-state index contributed by atoms with van der Waals surface area (Å²) in [5.41, 5.74) is 1.12. The zero-order valence-electron chi connectivity index (χ0n) is 14.8. The van der Waals surface area contributed by atoms with E-state index in [0.29, 0.717) is 17.0 Å². The van der Waals surface area contributed by atoms with E-state index in [1.165, 1.54) is 0 Å². The predicted molar refractivity (Wildman–Crippen MR) is 97.8 cm³/mol. The molecule has 1 N–H and O–H groups in total. The number of hydrogen-bond donors (Lipinski definition) is 1. The molecule has 5 heteroatoms. The first kappa shape index (κ1) is 18.0. The lowest BCUT2D eigenvalue weighted by Crippen LogP contribution is -2.37. The molecule has 1 atom stereocenters. The van der Waals surface area contributed by atoms with E-state index in [2.05, 4.69) is 5.32 Å². The first-order chi connectivity index (χ1) is 12.6. The Bertz CT molecular complexity index is 756. The Kier molecular flexibility index (Phi) is 5.89. The highest BCUT2D eigenvalue weighted by Gasteiger charge is 2.29. The number of rotatable bonds is 8. The summed E-state index contributed by atoms with van der Waals surface area (Å²) in [6.07, 6.45) is 2.30. The number of esters is 1. The van der Waals surface area contributed by atoms with Crippen molar-refractivity contribution in [3.63, 3.8) is 0 Å². The highest BCUT2D eigenvalue weighted by molar-refractivity contribution is 5.92. The lowest BCUT2D eigenvalue weighted by Gasteiger charge is -2.14. The summed E-state index contributed by atoms with van der Waals surface area (Å²) in [6, 6.07) is 16.6. The topological polar surface area (TPSA) is 64.6 Å². The van der Waals surface area contributed by atoms with Crippen molar-refractivity contribution in [1.82, 2.24) is 5.32 Å². The molecule has 1 fully saturated rings. The summed E-state index contributed by atoms with van der Waals surface area (Å²) < 4.78 is 10.9. The van der Waals surface area contributed by atoms with Crippen molar-refractivity contribution in [2.45, 2.75) is 32.4 Å². The average molecular weight is 353 g/mol. The maximum absolute atomic E-state index is 12.4. The molecule has 0 bridgehead atoms. The molecule has 0 aromatic heterocycles. The van der Waals surface area contributed by atoms with Crippen LogP contribution in [0.15, 0.2) is 54.6 Å². The van der Waals surface area contributed by atoms with E-state index < -0.39 is 5.97 Å². The first-order valence-corrected chi connectivity index (χ1v) is 8.85. The highest BCUT2D eigenvalue weighted by Crippen LogP contribution is 2.32. The number of hydrogen-bond acceptors (Lipinski definition) is 4. The molecular formula is C21H23NO4. The number of para-hydroxylation sites is 1. The molecule has 1 aliphatic carbocycles. The summed E-state index contributed by atoms with van der Waals surface area (Å²) in [4.78, 5) is 24.3. The molecule has 5 nitrogen and oxygen atoms in total. The van der Waals surface area contributed by atoms with E-state index in [1.54, 1.807) is 12.1 Å². The van der Waals surface area contributed by atoms with Gasteiger partial charge in [-0.25, -0.2) is 4.79 Å². The lowest BCUT2D eigenvalue weighted by atomic mass is 10.1. The number of amides is 1. The van der Waals surface area contributed by atoms with Crippen molar-refractivity contribution in [1.29, 1.82) is 0 Å². The molecule has 26 heavy (non-hydrogen) atoms. The Morgan fingerprint density at radius 3 is 2.50 bits per heavy atom. The smallest absolute Gasteiger partial charge is 0.339 e. The minimum Gasteiger partial charge on any atom is -0.489 e. The van der Waals surface area contributed by atoms with Crippen molar-refractivity contribution in [3.8, 4) is 5.75 Å². The molecule has 2 aromatic rings. The van der Waals surface area contributed by atoms with Gasteiger partial charge < -0.3 is 14.8 Å². The van der Waals surface area contributed by atoms with Gasteiger partial charge in [0.25, 0.3) is 5.91 Å². The second-order valence-electron chi connectivity index (χ2n) is 6.53. The van der Waals surface area contributed by atoms with Crippen LogP contribution in [0, 0.1) is 5.92 Å². The first-order valence-electron chi connectivity index (χ1n) is 8.85. The van der Waals surface area contributed by atoms with Crippen LogP contribution in [0.4, 0.5) is 0 Å². The van der Waals surface area contributed by atoms with Crippen molar-refractivity contribution in [3.05, 3.63) is 65.7 Å². The van der Waals surface area contributed by atoms with Gasteiger partial charge in [-0.05, 0) is 43.9 Å². The van der Waals surface area contributed by atoms with Crippen LogP contribution < -0.4 is 10.1 Å². The fourth-order valence-electron chi connectivity index (χ4n) is 2.74. The number of ether oxygens (including phenoxy) is 2. The molecule has 136 valence electrons. The van der Waals surface area contributed by atoms with E-state index in [4.69, 9.17) is 9.47 Å². The minimum atomic E-state index is -0.522. The van der Waals surface area contributed by atoms with Crippen LogP contribution in [0.3, 0.4) is 0 Å². The Labute approximate surface area is 153 Å². The van der Waals surface area contributed by atoms with Crippen molar-refractivity contribution >= 4 is 11.9 Å². The van der Waals surface area contributed by atoms with Crippen LogP contribution in [0.1, 0.15) is 35.7 Å². The largest absolute Gasteiger partial charge is 0.489 e. The van der Waals surface area contributed by atoms with Gasteiger partial charge >= 0.3 is 5.97 Å². The summed E-state index contributed by atoms with van der Waals surface area (Å²) in [5.74, 6) is 0.497. The Morgan fingerprint density at radius 2 is 1.77 bits per heavy atom. The zero-order valence-corrected chi connectivity index (χ0v) is 14.8. The molecule has 1 saturated carbocycles. The Morgan fingerprint density at radius 1 is 1.08 bits per heavy atom. The maximum atomic E-state index is 12.4. The molecule has 2 aromatic carbocycles. The Balaban J connectivity index is 1.54. The summed E-state index contributed by atoms with van der Waals surface area (Å²) in [6.45, 7) is 1.96. The van der Waals surface area contributed by atoms with Crippen LogP contribution in [-0.4, -0.2) is 24.5 Å². The SMILES string of the molecule is C[C@H](NC(=O)COC(=O)c1ccccc1COc1ccccc1)C1CC1. The van der Waals surface area contributed by atoms with E-state index in [0.717, 1.165) is 18.6 Å². The third kappa shape index (κ3) is 5.09. The van der Waals surface area contributed by atoms with Gasteiger partial charge in [-0.3, -0.25) is 4.79 Å². The number of carbonyl (C=O) groups excluding carboxylic acids is 2. The third-order valence-corrected chi connectivity index (χ3v) is 4.43. The molecule has 0 saturated heterocycles. The van der Waals surface area contributed by atoms with Crippen LogP contribution in [0.2, 0.25) is 0 Å². The van der Waals surface area contributed by atoms with Crippen LogP contribution in [0.5, 0.6) is 5.75 Å². The quantitative estimate of drug-likeness (QED) is 0.739. The van der Waals surface area contributed by atoms with Gasteiger partial charge in [0.2, 0.25) is 0 Å². The fourth-order valence-corrected chi connectivity index (χ4v) is 2.74. The average Bonchev–Trinajstić information content (AvgIpc) is 3.51. The molecule has 3 rings (SSSR count). The van der Waals surface area contributed by atoms with Gasteiger partial charge in [-0.15, -0.1) is 0 Å². The summed E-state index contributed by atoms with van der Waals surface area (Å²) in [5, 5.41) is 2.87. The summed E-state index contributed by atoms with van der Waals surface area (Å²) in [7, 11) is 0. The second kappa shape index (κ2) is 8.52. The van der Waals surface area contributed by atoms with Crippen molar-refractivity contribution < 1.29 is 19.1 Å².